The summed E-state index contributed by atoms with van der Waals surface area (Å²) in [5.41, 5.74) is 7.14. The van der Waals surface area contributed by atoms with E-state index in [1.807, 2.05) is 26.0 Å². The van der Waals surface area contributed by atoms with Crippen LogP contribution in [0.4, 0.5) is 0 Å². The van der Waals surface area contributed by atoms with Gasteiger partial charge < -0.3 is 20.5 Å². The molecule has 0 saturated carbocycles. The van der Waals surface area contributed by atoms with Crippen molar-refractivity contribution in [1.82, 2.24) is 5.32 Å². The van der Waals surface area contributed by atoms with Crippen LogP contribution >= 0.6 is 0 Å². The molecule has 1 aromatic rings. The standard InChI is InChI=1S/C14H20N2O3/c1-14(2)18-9-12(19-14)8-16-13(17)11-5-3-10(7-15)4-6-11/h3-6,12H,7-9,15H2,1-2H3,(H,16,17). The monoisotopic (exact) mass is 264 g/mol. The van der Waals surface area contributed by atoms with Gasteiger partial charge in [-0.2, -0.15) is 0 Å². The summed E-state index contributed by atoms with van der Waals surface area (Å²) in [7, 11) is 0. The fraction of sp³-hybridized carbons (Fsp3) is 0.500. The Bertz CT molecular complexity index is 443. The number of hydrogen-bond donors (Lipinski definition) is 2. The van der Waals surface area contributed by atoms with Crippen LogP contribution in [0.25, 0.3) is 0 Å². The molecule has 1 aliphatic heterocycles. The molecule has 2 rings (SSSR count). The lowest BCUT2D eigenvalue weighted by Crippen LogP contribution is -2.34. The van der Waals surface area contributed by atoms with Crippen molar-refractivity contribution in [3.8, 4) is 0 Å². The van der Waals surface area contributed by atoms with Crippen molar-refractivity contribution >= 4 is 5.91 Å². The molecule has 1 amide bonds. The van der Waals surface area contributed by atoms with Gasteiger partial charge in [-0.3, -0.25) is 4.79 Å². The number of rotatable bonds is 4. The van der Waals surface area contributed by atoms with Gasteiger partial charge in [-0.1, -0.05) is 12.1 Å². The molecule has 1 fully saturated rings. The molecule has 5 nitrogen and oxygen atoms in total. The summed E-state index contributed by atoms with van der Waals surface area (Å²) in [6.07, 6.45) is -0.0951. The third kappa shape index (κ3) is 3.76. The van der Waals surface area contributed by atoms with Crippen molar-refractivity contribution in [3.63, 3.8) is 0 Å². The largest absolute Gasteiger partial charge is 0.349 e. The minimum Gasteiger partial charge on any atom is -0.349 e. The van der Waals surface area contributed by atoms with Crippen molar-refractivity contribution in [1.29, 1.82) is 0 Å². The maximum atomic E-state index is 11.9. The van der Waals surface area contributed by atoms with Gasteiger partial charge in [0.05, 0.1) is 6.61 Å². The highest BCUT2D eigenvalue weighted by Crippen LogP contribution is 2.21. The molecule has 3 N–H and O–H groups in total. The quantitative estimate of drug-likeness (QED) is 0.851. The van der Waals surface area contributed by atoms with E-state index >= 15 is 0 Å². The van der Waals surface area contributed by atoms with Gasteiger partial charge in [0.2, 0.25) is 0 Å². The van der Waals surface area contributed by atoms with E-state index < -0.39 is 5.79 Å². The lowest BCUT2D eigenvalue weighted by Gasteiger charge is -2.17. The van der Waals surface area contributed by atoms with E-state index in [0.29, 0.717) is 25.3 Å². The number of carbonyl (C=O) groups is 1. The molecule has 1 saturated heterocycles. The van der Waals surface area contributed by atoms with E-state index in [9.17, 15) is 4.79 Å². The van der Waals surface area contributed by atoms with Crippen molar-refractivity contribution < 1.29 is 14.3 Å². The number of nitrogens with one attached hydrogen (secondary N) is 1. The van der Waals surface area contributed by atoms with Crippen molar-refractivity contribution in [3.05, 3.63) is 35.4 Å². The smallest absolute Gasteiger partial charge is 0.251 e. The zero-order valence-corrected chi connectivity index (χ0v) is 11.3. The van der Waals surface area contributed by atoms with Crippen LogP contribution in [-0.4, -0.2) is 30.9 Å². The van der Waals surface area contributed by atoms with E-state index in [1.54, 1.807) is 12.1 Å². The van der Waals surface area contributed by atoms with Gasteiger partial charge in [0, 0.05) is 18.7 Å². The van der Waals surface area contributed by atoms with Crippen LogP contribution < -0.4 is 11.1 Å². The van der Waals surface area contributed by atoms with E-state index in [0.717, 1.165) is 5.56 Å². The third-order valence-electron chi connectivity index (χ3n) is 3.01. The minimum atomic E-state index is -0.557. The predicted octanol–water partition coefficient (Wildman–Crippen LogP) is 1.03. The van der Waals surface area contributed by atoms with Crippen molar-refractivity contribution in [2.45, 2.75) is 32.3 Å². The number of benzene rings is 1. The SMILES string of the molecule is CC1(C)OCC(CNC(=O)c2ccc(CN)cc2)O1. The van der Waals surface area contributed by atoms with Gasteiger partial charge in [0.25, 0.3) is 5.91 Å². The van der Waals surface area contributed by atoms with Crippen LogP contribution in [-0.2, 0) is 16.0 Å². The molecule has 104 valence electrons. The molecule has 0 aliphatic carbocycles. The maximum Gasteiger partial charge on any atom is 0.251 e. The maximum absolute atomic E-state index is 11.9. The first kappa shape index (κ1) is 14.0. The second-order valence-electron chi connectivity index (χ2n) is 5.06. The summed E-state index contributed by atoms with van der Waals surface area (Å²) >= 11 is 0. The predicted molar refractivity (Wildman–Crippen MR) is 71.6 cm³/mol. The highest BCUT2D eigenvalue weighted by atomic mass is 16.7. The Labute approximate surface area is 113 Å². The highest BCUT2D eigenvalue weighted by molar-refractivity contribution is 5.94. The van der Waals surface area contributed by atoms with Crippen LogP contribution in [0.1, 0.15) is 29.8 Å². The third-order valence-corrected chi connectivity index (χ3v) is 3.01. The number of nitrogens with two attached hydrogens (primary N) is 1. The molecule has 1 aliphatic rings. The summed E-state index contributed by atoms with van der Waals surface area (Å²) in [6, 6.07) is 7.25. The summed E-state index contributed by atoms with van der Waals surface area (Å²) in [5.74, 6) is -0.671. The molecular formula is C14H20N2O3. The van der Waals surface area contributed by atoms with E-state index in [4.69, 9.17) is 15.2 Å². The molecule has 1 heterocycles. The highest BCUT2D eigenvalue weighted by Gasteiger charge is 2.32. The summed E-state index contributed by atoms with van der Waals surface area (Å²) < 4.78 is 11.1. The van der Waals surface area contributed by atoms with Crippen LogP contribution in [0.5, 0.6) is 0 Å². The van der Waals surface area contributed by atoms with Crippen molar-refractivity contribution in [2.75, 3.05) is 13.2 Å². The zero-order valence-electron chi connectivity index (χ0n) is 11.3. The molecule has 1 atom stereocenters. The molecule has 5 heteroatoms. The number of ether oxygens (including phenoxy) is 2. The zero-order chi connectivity index (χ0) is 13.9. The van der Waals surface area contributed by atoms with Gasteiger partial charge in [-0.15, -0.1) is 0 Å². The van der Waals surface area contributed by atoms with Gasteiger partial charge in [0.1, 0.15) is 6.10 Å². The van der Waals surface area contributed by atoms with Gasteiger partial charge in [0.15, 0.2) is 5.79 Å². The first-order chi connectivity index (χ1) is 9.00. The lowest BCUT2D eigenvalue weighted by molar-refractivity contribution is -0.137. The molecule has 1 unspecified atom stereocenters. The van der Waals surface area contributed by atoms with E-state index in [2.05, 4.69) is 5.32 Å². The molecule has 0 bridgehead atoms. The number of amides is 1. The average Bonchev–Trinajstić information content (AvgIpc) is 2.76. The fourth-order valence-corrected chi connectivity index (χ4v) is 1.96. The fourth-order valence-electron chi connectivity index (χ4n) is 1.96. The Morgan fingerprint density at radius 1 is 1.42 bits per heavy atom. The van der Waals surface area contributed by atoms with E-state index in [-0.39, 0.29) is 12.0 Å². The lowest BCUT2D eigenvalue weighted by atomic mass is 10.1. The van der Waals surface area contributed by atoms with Crippen LogP contribution in [0.2, 0.25) is 0 Å². The van der Waals surface area contributed by atoms with Gasteiger partial charge >= 0.3 is 0 Å². The second-order valence-corrected chi connectivity index (χ2v) is 5.06. The number of carbonyl (C=O) groups excluding carboxylic acids is 1. The Morgan fingerprint density at radius 3 is 2.63 bits per heavy atom. The Balaban J connectivity index is 1.84. The minimum absolute atomic E-state index is 0.0951. The van der Waals surface area contributed by atoms with Crippen LogP contribution in [0.15, 0.2) is 24.3 Å². The van der Waals surface area contributed by atoms with Gasteiger partial charge in [-0.25, -0.2) is 0 Å². The van der Waals surface area contributed by atoms with E-state index in [1.165, 1.54) is 0 Å². The normalized spacial score (nSPS) is 21.3. The molecule has 19 heavy (non-hydrogen) atoms. The Hall–Kier alpha value is -1.43. The first-order valence-corrected chi connectivity index (χ1v) is 6.39. The summed E-state index contributed by atoms with van der Waals surface area (Å²) in [6.45, 7) is 5.14. The molecule has 0 radical (unpaired) electrons. The molecular weight excluding hydrogens is 244 g/mol. The van der Waals surface area contributed by atoms with Crippen molar-refractivity contribution in [2.24, 2.45) is 5.73 Å². The Kier molecular flexibility index (Phi) is 4.19. The second kappa shape index (κ2) is 5.69. The van der Waals surface area contributed by atoms with Gasteiger partial charge in [-0.05, 0) is 31.5 Å². The molecule has 0 spiro atoms. The summed E-state index contributed by atoms with van der Waals surface area (Å²) in [5, 5.41) is 2.84. The Morgan fingerprint density at radius 2 is 2.11 bits per heavy atom. The van der Waals surface area contributed by atoms with Crippen LogP contribution in [0, 0.1) is 0 Å². The summed E-state index contributed by atoms with van der Waals surface area (Å²) in [4.78, 5) is 11.9. The average molecular weight is 264 g/mol. The van der Waals surface area contributed by atoms with Crippen LogP contribution in [0.3, 0.4) is 0 Å². The topological polar surface area (TPSA) is 73.6 Å². The molecule has 1 aromatic carbocycles. The molecule has 0 aromatic heterocycles. The number of hydrogen-bond acceptors (Lipinski definition) is 4. The first-order valence-electron chi connectivity index (χ1n) is 6.39.